The first-order valence-corrected chi connectivity index (χ1v) is 8.27. The Bertz CT molecular complexity index is 577. The van der Waals surface area contributed by atoms with Gasteiger partial charge in [-0.3, -0.25) is 0 Å². The molecule has 0 fully saturated rings. The highest BCUT2D eigenvalue weighted by Gasteiger charge is 2.18. The molecule has 2 aromatic rings. The molecule has 1 N–H and O–H groups in total. The number of hydrogen-bond acceptors (Lipinski definition) is 1. The summed E-state index contributed by atoms with van der Waals surface area (Å²) in [5, 5.41) is 3.71. The van der Waals surface area contributed by atoms with Crippen molar-refractivity contribution in [2.24, 2.45) is 0 Å². The lowest BCUT2D eigenvalue weighted by atomic mass is 9.92. The van der Waals surface area contributed by atoms with Crippen molar-refractivity contribution in [1.29, 1.82) is 0 Å². The minimum Gasteiger partial charge on any atom is -0.306 e. The summed E-state index contributed by atoms with van der Waals surface area (Å²) in [5.41, 5.74) is 5.51. The molecule has 0 aromatic heterocycles. The van der Waals surface area contributed by atoms with E-state index < -0.39 is 0 Å². The minimum absolute atomic E-state index is 0.281. The number of aryl methyl sites for hydroxylation is 1. The maximum Gasteiger partial charge on any atom is 0.0589 e. The number of rotatable bonds is 5. The van der Waals surface area contributed by atoms with Crippen LogP contribution in [0.2, 0.25) is 0 Å². The summed E-state index contributed by atoms with van der Waals surface area (Å²) >= 11 is 2.43. The highest BCUT2D eigenvalue weighted by molar-refractivity contribution is 14.1. The number of hydrogen-bond donors (Lipinski definition) is 1. The highest BCUT2D eigenvalue weighted by atomic mass is 127. The topological polar surface area (TPSA) is 12.0 Å². The Balaban J connectivity index is 2.47. The van der Waals surface area contributed by atoms with Gasteiger partial charge in [-0.2, -0.15) is 0 Å². The second-order valence-electron chi connectivity index (χ2n) is 5.20. The van der Waals surface area contributed by atoms with Gasteiger partial charge in [0.1, 0.15) is 0 Å². The van der Waals surface area contributed by atoms with Gasteiger partial charge in [0.05, 0.1) is 6.04 Å². The second-order valence-corrected chi connectivity index (χ2v) is 6.36. The predicted molar refractivity (Wildman–Crippen MR) is 95.2 cm³/mol. The Kier molecular flexibility index (Phi) is 5.61. The third kappa shape index (κ3) is 3.41. The molecule has 0 aliphatic heterocycles. The molecule has 0 spiro atoms. The normalized spacial score (nSPS) is 12.4. The van der Waals surface area contributed by atoms with Crippen LogP contribution < -0.4 is 5.32 Å². The average Bonchev–Trinajstić information content (AvgIpc) is 2.45. The van der Waals surface area contributed by atoms with Gasteiger partial charge in [-0.25, -0.2) is 0 Å². The zero-order valence-electron chi connectivity index (χ0n) is 12.4. The molecule has 0 aliphatic rings. The molecule has 0 aliphatic carbocycles. The van der Waals surface area contributed by atoms with E-state index in [0.717, 1.165) is 13.0 Å². The van der Waals surface area contributed by atoms with E-state index in [1.165, 1.54) is 25.8 Å². The molecule has 0 saturated heterocycles. The summed E-state index contributed by atoms with van der Waals surface area (Å²) in [6.45, 7) is 7.65. The minimum atomic E-state index is 0.281. The maximum atomic E-state index is 3.71. The summed E-state index contributed by atoms with van der Waals surface area (Å²) in [4.78, 5) is 0. The van der Waals surface area contributed by atoms with Gasteiger partial charge in [-0.15, -0.1) is 0 Å². The first-order valence-electron chi connectivity index (χ1n) is 7.19. The van der Waals surface area contributed by atoms with Gasteiger partial charge in [0.2, 0.25) is 0 Å². The van der Waals surface area contributed by atoms with E-state index in [1.807, 2.05) is 0 Å². The fourth-order valence-corrected chi connectivity index (χ4v) is 3.17. The van der Waals surface area contributed by atoms with E-state index in [9.17, 15) is 0 Å². The Morgan fingerprint density at radius 1 is 1.00 bits per heavy atom. The van der Waals surface area contributed by atoms with E-state index in [4.69, 9.17) is 0 Å². The third-order valence-corrected chi connectivity index (χ3v) is 4.75. The summed E-state index contributed by atoms with van der Waals surface area (Å²) in [6, 6.07) is 15.5. The summed E-state index contributed by atoms with van der Waals surface area (Å²) < 4.78 is 1.32. The zero-order chi connectivity index (χ0) is 14.5. The van der Waals surface area contributed by atoms with Gasteiger partial charge in [-0.05, 0) is 77.7 Å². The fraction of sp³-hybridized carbons (Fsp3) is 0.333. The van der Waals surface area contributed by atoms with Gasteiger partial charge < -0.3 is 5.32 Å². The molecular formula is C18H22IN. The largest absolute Gasteiger partial charge is 0.306 e. The standard InChI is InChI=1S/C18H22IN/c1-4-12-20-18(16-9-5-6-11-17(16)19)15-10-7-8-13(2)14(15)3/h5-11,18,20H,4,12H2,1-3H3. The van der Waals surface area contributed by atoms with Crippen LogP contribution in [0.25, 0.3) is 0 Å². The molecule has 0 amide bonds. The lowest BCUT2D eigenvalue weighted by Crippen LogP contribution is -2.24. The van der Waals surface area contributed by atoms with Crippen LogP contribution in [0, 0.1) is 17.4 Å². The van der Waals surface area contributed by atoms with E-state index in [-0.39, 0.29) is 6.04 Å². The van der Waals surface area contributed by atoms with Gasteiger partial charge in [0, 0.05) is 3.57 Å². The molecule has 1 unspecified atom stereocenters. The van der Waals surface area contributed by atoms with E-state index in [0.29, 0.717) is 0 Å². The van der Waals surface area contributed by atoms with Crippen molar-refractivity contribution in [1.82, 2.24) is 5.32 Å². The SMILES string of the molecule is CCCNC(c1ccccc1I)c1cccc(C)c1C. The van der Waals surface area contributed by atoms with Crippen LogP contribution in [0.5, 0.6) is 0 Å². The van der Waals surface area contributed by atoms with Crippen LogP contribution in [-0.2, 0) is 0 Å². The summed E-state index contributed by atoms with van der Waals surface area (Å²) in [6.07, 6.45) is 1.14. The molecule has 20 heavy (non-hydrogen) atoms. The number of halogens is 1. The van der Waals surface area contributed by atoms with E-state index in [1.54, 1.807) is 0 Å². The van der Waals surface area contributed by atoms with Crippen LogP contribution in [0.3, 0.4) is 0 Å². The molecule has 0 radical (unpaired) electrons. The third-order valence-electron chi connectivity index (χ3n) is 3.77. The Morgan fingerprint density at radius 2 is 1.70 bits per heavy atom. The molecule has 1 nitrogen and oxygen atoms in total. The van der Waals surface area contributed by atoms with Crippen molar-refractivity contribution in [3.05, 3.63) is 68.3 Å². The van der Waals surface area contributed by atoms with E-state index >= 15 is 0 Å². The van der Waals surface area contributed by atoms with Gasteiger partial charge >= 0.3 is 0 Å². The molecule has 2 heteroatoms. The van der Waals surface area contributed by atoms with Crippen LogP contribution in [-0.4, -0.2) is 6.54 Å². The maximum absolute atomic E-state index is 3.71. The average molecular weight is 379 g/mol. The Hall–Kier alpha value is -0.870. The number of nitrogens with one attached hydrogen (secondary N) is 1. The number of benzene rings is 2. The van der Waals surface area contributed by atoms with Gasteiger partial charge in [-0.1, -0.05) is 43.3 Å². The van der Waals surface area contributed by atoms with Crippen LogP contribution in [0.4, 0.5) is 0 Å². The van der Waals surface area contributed by atoms with Gasteiger partial charge in [0.25, 0.3) is 0 Å². The predicted octanol–water partition coefficient (Wildman–Crippen LogP) is 5.00. The lowest BCUT2D eigenvalue weighted by Gasteiger charge is -2.23. The van der Waals surface area contributed by atoms with Crippen LogP contribution in [0.1, 0.15) is 41.6 Å². The fourth-order valence-electron chi connectivity index (χ4n) is 2.47. The van der Waals surface area contributed by atoms with Crippen molar-refractivity contribution in [2.75, 3.05) is 6.54 Å². The van der Waals surface area contributed by atoms with Crippen molar-refractivity contribution >= 4 is 22.6 Å². The Labute approximate surface area is 135 Å². The lowest BCUT2D eigenvalue weighted by molar-refractivity contribution is 0.594. The van der Waals surface area contributed by atoms with Crippen molar-refractivity contribution in [3.8, 4) is 0 Å². The molecule has 0 bridgehead atoms. The highest BCUT2D eigenvalue weighted by Crippen LogP contribution is 2.29. The van der Waals surface area contributed by atoms with Crippen LogP contribution >= 0.6 is 22.6 Å². The molecule has 2 rings (SSSR count). The van der Waals surface area contributed by atoms with Crippen LogP contribution in [0.15, 0.2) is 42.5 Å². The first-order chi connectivity index (χ1) is 9.65. The smallest absolute Gasteiger partial charge is 0.0589 e. The van der Waals surface area contributed by atoms with Gasteiger partial charge in [0.15, 0.2) is 0 Å². The zero-order valence-corrected chi connectivity index (χ0v) is 14.6. The monoisotopic (exact) mass is 379 g/mol. The van der Waals surface area contributed by atoms with Crippen molar-refractivity contribution < 1.29 is 0 Å². The summed E-state index contributed by atoms with van der Waals surface area (Å²) in [5.74, 6) is 0. The van der Waals surface area contributed by atoms with E-state index in [2.05, 4.69) is 91.1 Å². The Morgan fingerprint density at radius 3 is 2.40 bits per heavy atom. The molecule has 1 atom stereocenters. The van der Waals surface area contributed by atoms with Crippen molar-refractivity contribution in [3.63, 3.8) is 0 Å². The molecule has 2 aromatic carbocycles. The molecular weight excluding hydrogens is 357 g/mol. The molecule has 0 heterocycles. The van der Waals surface area contributed by atoms with Crippen molar-refractivity contribution in [2.45, 2.75) is 33.2 Å². The second kappa shape index (κ2) is 7.23. The first kappa shape index (κ1) is 15.5. The summed E-state index contributed by atoms with van der Waals surface area (Å²) in [7, 11) is 0. The molecule has 106 valence electrons. The quantitative estimate of drug-likeness (QED) is 0.722. The molecule has 0 saturated carbocycles.